The number of nitrogens with zero attached hydrogens (tertiary/aromatic N) is 4. The van der Waals surface area contributed by atoms with Gasteiger partial charge in [-0.15, -0.1) is 10.2 Å². The number of benzene rings is 2. The predicted octanol–water partition coefficient (Wildman–Crippen LogP) is 3.33. The summed E-state index contributed by atoms with van der Waals surface area (Å²) in [6.07, 6.45) is 0. The van der Waals surface area contributed by atoms with Crippen molar-refractivity contribution in [2.45, 2.75) is 30.8 Å². The second-order valence-corrected chi connectivity index (χ2v) is 7.56. The van der Waals surface area contributed by atoms with Crippen LogP contribution in [-0.2, 0) is 11.3 Å². The molecule has 2 aromatic carbocycles. The molecule has 1 amide bonds. The molecule has 146 valence electrons. The smallest absolute Gasteiger partial charge is 0.236 e. The van der Waals surface area contributed by atoms with E-state index in [4.69, 9.17) is 5.84 Å². The third-order valence-corrected chi connectivity index (χ3v) is 5.36. The van der Waals surface area contributed by atoms with Crippen LogP contribution in [0, 0.1) is 5.82 Å². The van der Waals surface area contributed by atoms with Crippen molar-refractivity contribution < 1.29 is 9.18 Å². The molecule has 3 rings (SSSR count). The number of nitrogen functional groups attached to an aromatic ring is 1. The Bertz CT molecular complexity index is 947. The van der Waals surface area contributed by atoms with Crippen LogP contribution in [0.25, 0.3) is 11.4 Å². The third kappa shape index (κ3) is 4.33. The minimum absolute atomic E-state index is 0.0215. The number of aromatic nitrogens is 3. The van der Waals surface area contributed by atoms with Crippen LogP contribution in [0.4, 0.5) is 4.39 Å². The van der Waals surface area contributed by atoms with E-state index in [1.807, 2.05) is 37.3 Å². The Kier molecular flexibility index (Phi) is 6.30. The van der Waals surface area contributed by atoms with Gasteiger partial charge in [0.1, 0.15) is 5.82 Å². The lowest BCUT2D eigenvalue weighted by atomic mass is 10.2. The lowest BCUT2D eigenvalue weighted by Crippen LogP contribution is -2.36. The molecule has 2 N–H and O–H groups in total. The van der Waals surface area contributed by atoms with Crippen molar-refractivity contribution in [2.24, 2.45) is 0 Å². The zero-order chi connectivity index (χ0) is 20.1. The summed E-state index contributed by atoms with van der Waals surface area (Å²) < 4.78 is 15.2. The Morgan fingerprint density at radius 3 is 2.54 bits per heavy atom. The first-order chi connectivity index (χ1) is 13.5. The second-order valence-electron chi connectivity index (χ2n) is 6.25. The molecule has 28 heavy (non-hydrogen) atoms. The zero-order valence-corrected chi connectivity index (χ0v) is 16.6. The maximum absolute atomic E-state index is 14.0. The number of thioether (sulfide) groups is 1. The molecule has 0 saturated heterocycles. The zero-order valence-electron chi connectivity index (χ0n) is 15.7. The maximum Gasteiger partial charge on any atom is 0.236 e. The number of hydrogen-bond acceptors (Lipinski definition) is 5. The standard InChI is InChI=1S/C20H22FN5OS/c1-3-25(13-15-9-5-4-6-10-15)19(27)14(2)28-20-24-23-18(26(20)22)16-11-7-8-12-17(16)21/h4-12,14H,3,13,22H2,1-2H3. The van der Waals surface area contributed by atoms with Gasteiger partial charge in [0.25, 0.3) is 0 Å². The van der Waals surface area contributed by atoms with Gasteiger partial charge in [-0.25, -0.2) is 9.07 Å². The molecule has 1 unspecified atom stereocenters. The van der Waals surface area contributed by atoms with Gasteiger partial charge in [0.15, 0.2) is 5.82 Å². The van der Waals surface area contributed by atoms with Crippen LogP contribution in [-0.4, -0.2) is 37.5 Å². The average Bonchev–Trinajstić information content (AvgIpc) is 3.07. The summed E-state index contributed by atoms with van der Waals surface area (Å²) in [5.74, 6) is 5.83. The summed E-state index contributed by atoms with van der Waals surface area (Å²) in [6, 6.07) is 16.1. The molecule has 1 aromatic heterocycles. The van der Waals surface area contributed by atoms with Gasteiger partial charge < -0.3 is 10.7 Å². The van der Waals surface area contributed by atoms with Gasteiger partial charge in [0.05, 0.1) is 10.8 Å². The number of carbonyl (C=O) groups is 1. The van der Waals surface area contributed by atoms with Crippen LogP contribution in [0.15, 0.2) is 59.8 Å². The van der Waals surface area contributed by atoms with Gasteiger partial charge in [-0.2, -0.15) is 0 Å². The molecule has 0 aliphatic carbocycles. The molecule has 1 atom stereocenters. The van der Waals surface area contributed by atoms with Crippen LogP contribution in [0.2, 0.25) is 0 Å². The minimum atomic E-state index is -0.428. The first kappa shape index (κ1) is 19.9. The number of nitrogens with two attached hydrogens (primary N) is 1. The quantitative estimate of drug-likeness (QED) is 0.487. The number of amides is 1. The second kappa shape index (κ2) is 8.88. The molecular formula is C20H22FN5OS. The summed E-state index contributed by atoms with van der Waals surface area (Å²) in [4.78, 5) is 14.7. The van der Waals surface area contributed by atoms with E-state index in [9.17, 15) is 9.18 Å². The fraction of sp³-hybridized carbons (Fsp3) is 0.250. The first-order valence-electron chi connectivity index (χ1n) is 8.96. The molecule has 0 radical (unpaired) electrons. The normalized spacial score (nSPS) is 12.0. The maximum atomic E-state index is 14.0. The van der Waals surface area contributed by atoms with Crippen molar-refractivity contribution in [1.82, 2.24) is 19.8 Å². The topological polar surface area (TPSA) is 77.0 Å². The molecule has 0 saturated carbocycles. The van der Waals surface area contributed by atoms with E-state index < -0.39 is 11.1 Å². The van der Waals surface area contributed by atoms with Crippen LogP contribution in [0.3, 0.4) is 0 Å². The van der Waals surface area contributed by atoms with Crippen LogP contribution < -0.4 is 5.84 Å². The summed E-state index contributed by atoms with van der Waals surface area (Å²) in [5.41, 5.74) is 1.33. The Balaban J connectivity index is 1.73. The van der Waals surface area contributed by atoms with Crippen molar-refractivity contribution in [3.8, 4) is 11.4 Å². The van der Waals surface area contributed by atoms with Gasteiger partial charge in [0.2, 0.25) is 11.1 Å². The summed E-state index contributed by atoms with van der Waals surface area (Å²) in [6.45, 7) is 4.88. The van der Waals surface area contributed by atoms with Gasteiger partial charge >= 0.3 is 0 Å². The van der Waals surface area contributed by atoms with Gasteiger partial charge in [-0.05, 0) is 31.5 Å². The highest BCUT2D eigenvalue weighted by Gasteiger charge is 2.24. The fourth-order valence-electron chi connectivity index (χ4n) is 2.80. The minimum Gasteiger partial charge on any atom is -0.338 e. The van der Waals surface area contributed by atoms with Gasteiger partial charge in [-0.3, -0.25) is 4.79 Å². The van der Waals surface area contributed by atoms with Crippen molar-refractivity contribution in [3.63, 3.8) is 0 Å². The van der Waals surface area contributed by atoms with E-state index in [0.717, 1.165) is 5.56 Å². The van der Waals surface area contributed by atoms with Crippen molar-refractivity contribution in [2.75, 3.05) is 12.4 Å². The van der Waals surface area contributed by atoms with Crippen molar-refractivity contribution >= 4 is 17.7 Å². The van der Waals surface area contributed by atoms with E-state index in [2.05, 4.69) is 10.2 Å². The van der Waals surface area contributed by atoms with Crippen molar-refractivity contribution in [3.05, 3.63) is 66.0 Å². The average molecular weight is 399 g/mol. The van der Waals surface area contributed by atoms with Crippen LogP contribution in [0.1, 0.15) is 19.4 Å². The van der Waals surface area contributed by atoms with Gasteiger partial charge in [-0.1, -0.05) is 54.2 Å². The van der Waals surface area contributed by atoms with E-state index in [1.54, 1.807) is 30.0 Å². The third-order valence-electron chi connectivity index (χ3n) is 4.32. The van der Waals surface area contributed by atoms with E-state index in [1.165, 1.54) is 22.5 Å². The molecule has 3 aromatic rings. The highest BCUT2D eigenvalue weighted by atomic mass is 32.2. The molecule has 6 nitrogen and oxygen atoms in total. The summed E-state index contributed by atoms with van der Waals surface area (Å²) in [5, 5.41) is 7.98. The molecule has 0 spiro atoms. The lowest BCUT2D eigenvalue weighted by Gasteiger charge is -2.24. The Morgan fingerprint density at radius 2 is 1.86 bits per heavy atom. The largest absolute Gasteiger partial charge is 0.338 e. The molecular weight excluding hydrogens is 377 g/mol. The van der Waals surface area contributed by atoms with Crippen LogP contribution in [0.5, 0.6) is 0 Å². The van der Waals surface area contributed by atoms with Crippen molar-refractivity contribution in [1.29, 1.82) is 0 Å². The predicted molar refractivity (Wildman–Crippen MR) is 108 cm³/mol. The Morgan fingerprint density at radius 1 is 1.18 bits per heavy atom. The van der Waals surface area contributed by atoms with E-state index in [-0.39, 0.29) is 17.3 Å². The number of rotatable bonds is 7. The highest BCUT2D eigenvalue weighted by molar-refractivity contribution is 8.00. The molecule has 1 heterocycles. The Labute approximate surface area is 167 Å². The molecule has 0 bridgehead atoms. The number of hydrogen-bond donors (Lipinski definition) is 1. The molecule has 8 heteroatoms. The SMILES string of the molecule is CCN(Cc1ccccc1)C(=O)C(C)Sc1nnc(-c2ccccc2F)n1N. The highest BCUT2D eigenvalue weighted by Crippen LogP contribution is 2.27. The molecule has 0 fully saturated rings. The lowest BCUT2D eigenvalue weighted by molar-refractivity contribution is -0.130. The van der Waals surface area contributed by atoms with E-state index >= 15 is 0 Å². The number of carbonyl (C=O) groups excluding carboxylic acids is 1. The van der Waals surface area contributed by atoms with E-state index in [0.29, 0.717) is 18.2 Å². The van der Waals surface area contributed by atoms with Gasteiger partial charge in [0, 0.05) is 13.1 Å². The number of halogens is 1. The summed E-state index contributed by atoms with van der Waals surface area (Å²) >= 11 is 1.20. The fourth-order valence-corrected chi connectivity index (χ4v) is 3.65. The summed E-state index contributed by atoms with van der Waals surface area (Å²) in [7, 11) is 0. The Hall–Kier alpha value is -2.87. The molecule has 0 aliphatic heterocycles. The molecule has 0 aliphatic rings. The first-order valence-corrected chi connectivity index (χ1v) is 9.84. The monoisotopic (exact) mass is 399 g/mol. The van der Waals surface area contributed by atoms with Crippen LogP contribution >= 0.6 is 11.8 Å².